The molecule has 0 aliphatic rings. The lowest BCUT2D eigenvalue weighted by Gasteiger charge is -2.13. The molecule has 0 bridgehead atoms. The van der Waals surface area contributed by atoms with Gasteiger partial charge in [0.05, 0.1) is 17.2 Å². The number of carbonyl (C=O) groups is 1. The number of imidazole rings is 1. The van der Waals surface area contributed by atoms with Gasteiger partial charge < -0.3 is 10.1 Å². The quantitative estimate of drug-likeness (QED) is 0.324. The molecular weight excluding hydrogens is 490 g/mol. The fourth-order valence-corrected chi connectivity index (χ4v) is 4.41. The van der Waals surface area contributed by atoms with Crippen molar-refractivity contribution in [2.45, 2.75) is 20.1 Å². The van der Waals surface area contributed by atoms with Crippen LogP contribution in [0.3, 0.4) is 0 Å². The van der Waals surface area contributed by atoms with Crippen molar-refractivity contribution in [2.24, 2.45) is 7.05 Å². The van der Waals surface area contributed by atoms with Crippen LogP contribution in [0.5, 0.6) is 5.75 Å². The van der Waals surface area contributed by atoms with Gasteiger partial charge in [-0.2, -0.15) is 0 Å². The number of carbonyl (C=O) groups excluding carboxylic acids is 1. The van der Waals surface area contributed by atoms with E-state index in [-0.39, 0.29) is 18.9 Å². The summed E-state index contributed by atoms with van der Waals surface area (Å²) < 4.78 is 36.8. The highest BCUT2D eigenvalue weighted by molar-refractivity contribution is 5.94. The number of hydrogen-bond donors (Lipinski definition) is 1. The minimum atomic E-state index is -0.531. The highest BCUT2D eigenvalue weighted by Crippen LogP contribution is 2.33. The molecule has 0 radical (unpaired) electrons. The Labute approximate surface area is 216 Å². The Morgan fingerprint density at radius 2 is 1.76 bits per heavy atom. The van der Waals surface area contributed by atoms with Crippen LogP contribution in [0, 0.1) is 18.6 Å². The van der Waals surface area contributed by atoms with Crippen LogP contribution in [0.1, 0.15) is 11.1 Å². The number of nitrogens with zero attached hydrogens (tertiary/aromatic N) is 3. The van der Waals surface area contributed by atoms with Gasteiger partial charge in [-0.25, -0.2) is 13.6 Å². The Morgan fingerprint density at radius 1 is 1.03 bits per heavy atom. The normalized spacial score (nSPS) is 11.1. The highest BCUT2D eigenvalue weighted by atomic mass is 19.1. The van der Waals surface area contributed by atoms with Gasteiger partial charge in [-0.05, 0) is 60.0 Å². The molecule has 5 rings (SSSR count). The summed E-state index contributed by atoms with van der Waals surface area (Å²) in [4.78, 5) is 30.0. The Hall–Kier alpha value is -4.79. The van der Waals surface area contributed by atoms with E-state index in [0.29, 0.717) is 33.4 Å². The molecule has 0 aliphatic carbocycles. The lowest BCUT2D eigenvalue weighted by atomic mass is 10.0. The van der Waals surface area contributed by atoms with Crippen LogP contribution in [0.15, 0.2) is 83.9 Å². The van der Waals surface area contributed by atoms with Gasteiger partial charge in [-0.3, -0.25) is 18.9 Å². The van der Waals surface area contributed by atoms with Crippen LogP contribution in [-0.2, 0) is 25.0 Å². The van der Waals surface area contributed by atoms with Crippen molar-refractivity contribution < 1.29 is 18.3 Å². The fourth-order valence-electron chi connectivity index (χ4n) is 4.41. The van der Waals surface area contributed by atoms with Crippen LogP contribution in [0.4, 0.5) is 14.5 Å². The van der Waals surface area contributed by atoms with Crippen LogP contribution < -0.4 is 15.7 Å². The Kier molecular flexibility index (Phi) is 6.74. The summed E-state index contributed by atoms with van der Waals surface area (Å²) >= 11 is 0. The molecule has 9 heteroatoms. The molecule has 7 nitrogen and oxygen atoms in total. The van der Waals surface area contributed by atoms with Gasteiger partial charge in [0.25, 0.3) is 0 Å². The topological polar surface area (TPSA) is 78.2 Å². The van der Waals surface area contributed by atoms with E-state index in [9.17, 15) is 14.0 Å². The maximum atomic E-state index is 15.2. The number of benzene rings is 3. The van der Waals surface area contributed by atoms with Gasteiger partial charge in [0.15, 0.2) is 11.6 Å². The molecule has 2 aromatic heterocycles. The summed E-state index contributed by atoms with van der Waals surface area (Å²) in [6.07, 6.45) is 3.05. The molecule has 38 heavy (non-hydrogen) atoms. The minimum Gasteiger partial charge on any atom is -0.486 e. The second kappa shape index (κ2) is 10.3. The number of pyridine rings is 1. The number of aromatic nitrogens is 3. The number of fused-ring (bicyclic) bond motifs is 1. The van der Waals surface area contributed by atoms with Crippen molar-refractivity contribution >= 4 is 22.6 Å². The first-order chi connectivity index (χ1) is 18.3. The molecule has 5 aromatic rings. The number of halogens is 2. The first-order valence-electron chi connectivity index (χ1n) is 11.9. The predicted octanol–water partition coefficient (Wildman–Crippen LogP) is 5.21. The van der Waals surface area contributed by atoms with Gasteiger partial charge in [0.1, 0.15) is 19.0 Å². The van der Waals surface area contributed by atoms with Crippen LogP contribution in [0.2, 0.25) is 0 Å². The molecule has 1 N–H and O–H groups in total. The smallest absolute Gasteiger partial charge is 0.329 e. The molecule has 0 saturated heterocycles. The molecule has 3 aromatic carbocycles. The SMILES string of the molecule is Cc1cc(-c2cncc3c2n(C)c(=O)n3CC(=O)Nc2ccc(F)cc2)cc(F)c1OCc1ccccc1. The fraction of sp³-hybridized carbons (Fsp3) is 0.138. The van der Waals surface area contributed by atoms with Gasteiger partial charge >= 0.3 is 5.69 Å². The summed E-state index contributed by atoms with van der Waals surface area (Å²) in [6, 6.07) is 17.9. The molecule has 0 spiro atoms. The van der Waals surface area contributed by atoms with E-state index in [1.165, 1.54) is 45.7 Å². The minimum absolute atomic E-state index is 0.154. The number of nitrogens with one attached hydrogen (secondary N) is 1. The van der Waals surface area contributed by atoms with E-state index in [1.807, 2.05) is 30.3 Å². The third-order valence-corrected chi connectivity index (χ3v) is 6.24. The number of amides is 1. The molecule has 0 saturated carbocycles. The lowest BCUT2D eigenvalue weighted by Crippen LogP contribution is -2.28. The molecule has 192 valence electrons. The number of ether oxygens (including phenoxy) is 1. The molecule has 2 heterocycles. The maximum Gasteiger partial charge on any atom is 0.329 e. The van der Waals surface area contributed by atoms with Gasteiger partial charge in [-0.15, -0.1) is 0 Å². The first kappa shape index (κ1) is 24.9. The second-order valence-corrected chi connectivity index (χ2v) is 8.92. The van der Waals surface area contributed by atoms with Crippen molar-refractivity contribution in [3.8, 4) is 16.9 Å². The zero-order valence-electron chi connectivity index (χ0n) is 20.7. The average Bonchev–Trinajstić information content (AvgIpc) is 3.15. The lowest BCUT2D eigenvalue weighted by molar-refractivity contribution is -0.116. The average molecular weight is 515 g/mol. The van der Waals surface area contributed by atoms with Crippen molar-refractivity contribution in [2.75, 3.05) is 5.32 Å². The Balaban J connectivity index is 1.46. The molecule has 1 amide bonds. The molecule has 0 aliphatic heterocycles. The highest BCUT2D eigenvalue weighted by Gasteiger charge is 2.19. The van der Waals surface area contributed by atoms with Crippen molar-refractivity contribution in [1.29, 1.82) is 0 Å². The van der Waals surface area contributed by atoms with Crippen LogP contribution in [0.25, 0.3) is 22.2 Å². The summed E-state index contributed by atoms with van der Waals surface area (Å²) in [7, 11) is 1.59. The van der Waals surface area contributed by atoms with Crippen LogP contribution >= 0.6 is 0 Å². The van der Waals surface area contributed by atoms with E-state index in [1.54, 1.807) is 26.2 Å². The van der Waals surface area contributed by atoms with E-state index >= 15 is 4.39 Å². The van der Waals surface area contributed by atoms with Gasteiger partial charge in [0.2, 0.25) is 5.91 Å². The largest absolute Gasteiger partial charge is 0.486 e. The third-order valence-electron chi connectivity index (χ3n) is 6.24. The molecule has 0 atom stereocenters. The predicted molar refractivity (Wildman–Crippen MR) is 141 cm³/mol. The standard InChI is InChI=1S/C29H24F2N4O3/c1-18-12-20(13-24(31)28(18)38-17-19-6-4-3-5-7-19)23-14-32-15-25-27(23)34(2)29(37)35(25)16-26(36)33-22-10-8-21(30)9-11-22/h3-15H,16-17H2,1-2H3,(H,33,36). The van der Waals surface area contributed by atoms with E-state index in [2.05, 4.69) is 10.3 Å². The summed E-state index contributed by atoms with van der Waals surface area (Å²) in [5.74, 6) is -1.26. The molecule has 0 fully saturated rings. The summed E-state index contributed by atoms with van der Waals surface area (Å²) in [6.45, 7) is 1.70. The third kappa shape index (κ3) is 4.90. The zero-order chi connectivity index (χ0) is 26.8. The second-order valence-electron chi connectivity index (χ2n) is 8.92. The van der Waals surface area contributed by atoms with Gasteiger partial charge in [0, 0.05) is 24.5 Å². The number of aryl methyl sites for hydroxylation is 2. The monoisotopic (exact) mass is 514 g/mol. The molecular formula is C29H24F2N4O3. The summed E-state index contributed by atoms with van der Waals surface area (Å²) in [5, 5.41) is 2.65. The molecule has 0 unspecified atom stereocenters. The van der Waals surface area contributed by atoms with Crippen LogP contribution in [-0.4, -0.2) is 20.0 Å². The number of anilines is 1. The van der Waals surface area contributed by atoms with E-state index in [4.69, 9.17) is 4.74 Å². The van der Waals surface area contributed by atoms with Crippen molar-refractivity contribution in [3.05, 3.63) is 112 Å². The Bertz CT molecular complexity index is 1670. The van der Waals surface area contributed by atoms with Gasteiger partial charge in [-0.1, -0.05) is 30.3 Å². The zero-order valence-corrected chi connectivity index (χ0v) is 20.7. The van der Waals surface area contributed by atoms with E-state index < -0.39 is 23.2 Å². The first-order valence-corrected chi connectivity index (χ1v) is 11.9. The number of rotatable bonds is 7. The van der Waals surface area contributed by atoms with E-state index in [0.717, 1.165) is 5.56 Å². The Morgan fingerprint density at radius 3 is 2.47 bits per heavy atom. The number of hydrogen-bond acceptors (Lipinski definition) is 4. The van der Waals surface area contributed by atoms with Crippen molar-refractivity contribution in [1.82, 2.24) is 14.1 Å². The summed E-state index contributed by atoms with van der Waals surface area (Å²) in [5.41, 5.74) is 3.49. The maximum absolute atomic E-state index is 15.2. The van der Waals surface area contributed by atoms with Crippen molar-refractivity contribution in [3.63, 3.8) is 0 Å².